The first-order valence-corrected chi connectivity index (χ1v) is 6.08. The summed E-state index contributed by atoms with van der Waals surface area (Å²) in [5.74, 6) is -1.53. The number of hydrogen-bond acceptors (Lipinski definition) is 2. The molecule has 2 aromatic rings. The van der Waals surface area contributed by atoms with Crippen molar-refractivity contribution in [3.05, 3.63) is 60.2 Å². The van der Waals surface area contributed by atoms with Crippen molar-refractivity contribution in [2.75, 3.05) is 0 Å². The summed E-state index contributed by atoms with van der Waals surface area (Å²) in [7, 11) is 0. The Hall–Kier alpha value is -1.09. The van der Waals surface area contributed by atoms with Crippen LogP contribution in [0.5, 0.6) is 0 Å². The van der Waals surface area contributed by atoms with Crippen LogP contribution in [0.2, 0.25) is 0 Å². The fraction of sp³-hybridized carbons (Fsp3) is 0.188. The second-order valence-electron chi connectivity index (χ2n) is 4.27. The van der Waals surface area contributed by atoms with Crippen LogP contribution in [0.3, 0.4) is 0 Å². The maximum atomic E-state index is 11.0. The molecule has 0 heterocycles. The molecule has 0 fully saturated rings. The quantitative estimate of drug-likeness (QED) is 0.704. The van der Waals surface area contributed by atoms with Crippen LogP contribution in [0.1, 0.15) is 24.8 Å². The molecule has 92 valence electrons. The predicted molar refractivity (Wildman–Crippen MR) is 69.9 cm³/mol. The van der Waals surface area contributed by atoms with Gasteiger partial charge >= 0.3 is 29.6 Å². The molecule has 1 atom stereocenters. The van der Waals surface area contributed by atoms with Crippen LogP contribution in [-0.2, 0) is 4.79 Å². The summed E-state index contributed by atoms with van der Waals surface area (Å²) in [6.45, 7) is 1.85. The molecule has 0 aliphatic carbocycles. The molecule has 0 spiro atoms. The van der Waals surface area contributed by atoms with E-state index in [1.165, 1.54) is 0 Å². The molecule has 0 saturated heterocycles. The second-order valence-corrected chi connectivity index (χ2v) is 4.27. The molecule has 19 heavy (non-hydrogen) atoms. The smallest absolute Gasteiger partial charge is 0.549 e. The number of aliphatic carboxylic acids is 1. The van der Waals surface area contributed by atoms with Gasteiger partial charge in [0, 0.05) is 11.9 Å². The van der Waals surface area contributed by atoms with Crippen LogP contribution in [0.25, 0.3) is 11.1 Å². The van der Waals surface area contributed by atoms with E-state index in [1.807, 2.05) is 61.5 Å². The van der Waals surface area contributed by atoms with E-state index in [9.17, 15) is 9.90 Å². The average molecular weight is 262 g/mol. The van der Waals surface area contributed by atoms with E-state index in [2.05, 4.69) is 0 Å². The van der Waals surface area contributed by atoms with Crippen molar-refractivity contribution in [2.24, 2.45) is 0 Å². The SMILES string of the molecule is CCC(C(=O)[O-])c1ccc(-c2ccccc2)cc1.[Na+]. The Morgan fingerprint density at radius 1 is 1.00 bits per heavy atom. The third-order valence-electron chi connectivity index (χ3n) is 3.11. The van der Waals surface area contributed by atoms with Crippen molar-refractivity contribution in [2.45, 2.75) is 19.3 Å². The minimum atomic E-state index is -1.01. The van der Waals surface area contributed by atoms with E-state index < -0.39 is 11.9 Å². The summed E-state index contributed by atoms with van der Waals surface area (Å²) < 4.78 is 0. The first kappa shape index (κ1) is 16.0. The molecular formula is C16H15NaO2. The molecular weight excluding hydrogens is 247 g/mol. The first-order valence-electron chi connectivity index (χ1n) is 6.08. The van der Waals surface area contributed by atoms with E-state index in [1.54, 1.807) is 0 Å². The number of benzene rings is 2. The zero-order chi connectivity index (χ0) is 13.0. The molecule has 2 nitrogen and oxygen atoms in total. The predicted octanol–water partition coefficient (Wildman–Crippen LogP) is -0.399. The minimum Gasteiger partial charge on any atom is -0.549 e. The van der Waals surface area contributed by atoms with Crippen LogP contribution in [0, 0.1) is 0 Å². The molecule has 0 radical (unpaired) electrons. The molecule has 1 unspecified atom stereocenters. The maximum Gasteiger partial charge on any atom is 1.00 e. The van der Waals surface area contributed by atoms with E-state index in [4.69, 9.17) is 0 Å². The van der Waals surface area contributed by atoms with Crippen molar-refractivity contribution >= 4 is 5.97 Å². The zero-order valence-electron chi connectivity index (χ0n) is 11.3. The monoisotopic (exact) mass is 262 g/mol. The first-order chi connectivity index (χ1) is 8.72. The van der Waals surface area contributed by atoms with Gasteiger partial charge in [0.2, 0.25) is 0 Å². The molecule has 0 aliphatic rings. The second kappa shape index (κ2) is 7.49. The summed E-state index contributed by atoms with van der Waals surface area (Å²) in [6.07, 6.45) is 0.549. The fourth-order valence-electron chi connectivity index (χ4n) is 2.08. The van der Waals surface area contributed by atoms with Crippen LogP contribution in [0.15, 0.2) is 54.6 Å². The van der Waals surface area contributed by atoms with Gasteiger partial charge in [-0.15, -0.1) is 0 Å². The Kier molecular flexibility index (Phi) is 6.29. The average Bonchev–Trinajstić information content (AvgIpc) is 2.41. The van der Waals surface area contributed by atoms with Gasteiger partial charge in [0.1, 0.15) is 0 Å². The molecule has 0 aromatic heterocycles. The van der Waals surface area contributed by atoms with Gasteiger partial charge in [0.15, 0.2) is 0 Å². The summed E-state index contributed by atoms with van der Waals surface area (Å²) in [6, 6.07) is 17.7. The minimum absolute atomic E-state index is 0. The van der Waals surface area contributed by atoms with Gasteiger partial charge in [0.25, 0.3) is 0 Å². The third kappa shape index (κ3) is 3.93. The van der Waals surface area contributed by atoms with E-state index in [0.717, 1.165) is 16.7 Å². The van der Waals surface area contributed by atoms with Gasteiger partial charge in [0.05, 0.1) is 0 Å². The Labute approximate surface area is 135 Å². The van der Waals surface area contributed by atoms with Gasteiger partial charge < -0.3 is 9.90 Å². The van der Waals surface area contributed by atoms with Gasteiger partial charge in [-0.2, -0.15) is 0 Å². The molecule has 2 aromatic carbocycles. The van der Waals surface area contributed by atoms with E-state index in [-0.39, 0.29) is 29.6 Å². The number of carboxylic acid groups (broad SMARTS) is 1. The van der Waals surface area contributed by atoms with Crippen molar-refractivity contribution in [3.8, 4) is 11.1 Å². The molecule has 0 N–H and O–H groups in total. The van der Waals surface area contributed by atoms with E-state index in [0.29, 0.717) is 6.42 Å². The number of hydrogen-bond donors (Lipinski definition) is 0. The van der Waals surface area contributed by atoms with Gasteiger partial charge in [-0.05, 0) is 23.1 Å². The van der Waals surface area contributed by atoms with Crippen molar-refractivity contribution in [1.29, 1.82) is 0 Å². The van der Waals surface area contributed by atoms with Crippen LogP contribution < -0.4 is 34.7 Å². The normalized spacial score (nSPS) is 11.4. The fourth-order valence-corrected chi connectivity index (χ4v) is 2.08. The Bertz CT molecular complexity index is 520. The summed E-state index contributed by atoms with van der Waals surface area (Å²) in [5, 5.41) is 11.0. The standard InChI is InChI=1S/C16H16O2.Na/c1-2-15(16(17)18)14-10-8-13(9-11-14)12-6-4-3-5-7-12;/h3-11,15H,2H2,1H3,(H,17,18);/q;+1/p-1. The molecule has 3 heteroatoms. The molecule has 0 amide bonds. The van der Waals surface area contributed by atoms with Crippen molar-refractivity contribution < 1.29 is 39.5 Å². The molecule has 0 saturated carbocycles. The topological polar surface area (TPSA) is 40.1 Å². The molecule has 0 aliphatic heterocycles. The van der Waals surface area contributed by atoms with Crippen LogP contribution >= 0.6 is 0 Å². The largest absolute Gasteiger partial charge is 1.00 e. The van der Waals surface area contributed by atoms with Crippen LogP contribution in [-0.4, -0.2) is 5.97 Å². The summed E-state index contributed by atoms with van der Waals surface area (Å²) in [4.78, 5) is 11.0. The number of carbonyl (C=O) groups is 1. The van der Waals surface area contributed by atoms with Crippen LogP contribution in [0.4, 0.5) is 0 Å². The summed E-state index contributed by atoms with van der Waals surface area (Å²) >= 11 is 0. The van der Waals surface area contributed by atoms with Gasteiger partial charge in [-0.1, -0.05) is 61.5 Å². The zero-order valence-corrected chi connectivity index (χ0v) is 13.3. The van der Waals surface area contributed by atoms with Gasteiger partial charge in [-0.3, -0.25) is 0 Å². The maximum absolute atomic E-state index is 11.0. The third-order valence-corrected chi connectivity index (χ3v) is 3.11. The van der Waals surface area contributed by atoms with E-state index >= 15 is 0 Å². The number of rotatable bonds is 4. The molecule has 2 rings (SSSR count). The number of carbonyl (C=O) groups excluding carboxylic acids is 1. The Morgan fingerprint density at radius 3 is 2.00 bits per heavy atom. The van der Waals surface area contributed by atoms with Crippen molar-refractivity contribution in [1.82, 2.24) is 0 Å². The Balaban J connectivity index is 0.00000180. The Morgan fingerprint density at radius 2 is 1.53 bits per heavy atom. The number of carboxylic acids is 1. The molecule has 0 bridgehead atoms. The summed E-state index contributed by atoms with van der Waals surface area (Å²) in [5.41, 5.74) is 3.02. The van der Waals surface area contributed by atoms with Crippen molar-refractivity contribution in [3.63, 3.8) is 0 Å². The van der Waals surface area contributed by atoms with Gasteiger partial charge in [-0.25, -0.2) is 0 Å².